The highest BCUT2D eigenvalue weighted by Crippen LogP contribution is 2.40. The molecule has 0 atom stereocenters. The van der Waals surface area contributed by atoms with E-state index in [0.29, 0.717) is 34.2 Å². The number of para-hydroxylation sites is 1. The van der Waals surface area contributed by atoms with Gasteiger partial charge in [-0.3, -0.25) is 0 Å². The van der Waals surface area contributed by atoms with E-state index < -0.39 is 11.6 Å². The quantitative estimate of drug-likeness (QED) is 0.176. The first-order valence-electron chi connectivity index (χ1n) is 17.1. The second-order valence-corrected chi connectivity index (χ2v) is 12.8. The average molecular weight is 677 g/mol. The van der Waals surface area contributed by atoms with Gasteiger partial charge in [-0.25, -0.2) is 23.7 Å². The van der Waals surface area contributed by atoms with Gasteiger partial charge in [0.05, 0.1) is 16.7 Å². The molecule has 0 saturated heterocycles. The molecule has 6 heteroatoms. The molecule has 2 aromatic heterocycles. The molecule has 0 radical (unpaired) electrons. The fraction of sp³-hybridized carbons (Fsp3) is 0.0217. The van der Waals surface area contributed by atoms with Crippen molar-refractivity contribution in [2.24, 2.45) is 0 Å². The summed E-state index contributed by atoms with van der Waals surface area (Å²) < 4.78 is 31.4. The van der Waals surface area contributed by atoms with Crippen molar-refractivity contribution in [3.05, 3.63) is 181 Å². The Morgan fingerprint density at radius 1 is 0.404 bits per heavy atom. The molecule has 52 heavy (non-hydrogen) atoms. The van der Waals surface area contributed by atoms with E-state index in [4.69, 9.17) is 15.0 Å². The van der Waals surface area contributed by atoms with E-state index in [9.17, 15) is 8.78 Å². The number of halogens is 2. The van der Waals surface area contributed by atoms with Crippen LogP contribution < -0.4 is 0 Å². The predicted octanol–water partition coefficient (Wildman–Crippen LogP) is 11.9. The highest BCUT2D eigenvalue weighted by molar-refractivity contribution is 6.10. The van der Waals surface area contributed by atoms with Gasteiger partial charge in [0.25, 0.3) is 0 Å². The Hall–Kier alpha value is -6.79. The van der Waals surface area contributed by atoms with Crippen LogP contribution in [0.4, 0.5) is 8.78 Å². The van der Waals surface area contributed by atoms with E-state index in [1.165, 1.54) is 17.7 Å². The Labute approximate surface area is 299 Å². The summed E-state index contributed by atoms with van der Waals surface area (Å²) >= 11 is 0. The molecule has 0 unspecified atom stereocenters. The Morgan fingerprint density at radius 3 is 1.67 bits per heavy atom. The first kappa shape index (κ1) is 31.2. The third kappa shape index (κ3) is 5.60. The minimum atomic E-state index is -0.648. The van der Waals surface area contributed by atoms with Crippen LogP contribution in [0.15, 0.2) is 164 Å². The summed E-state index contributed by atoms with van der Waals surface area (Å²) in [5, 5.41) is 2.20. The SMILES string of the molecule is Cc1ccccc1-c1ccc2c3ccccc3n(-c3ccc(-c4cc(F)cc(F)c4)cc3-c3nc(-c4ccccc4)nc(-c4ccccc4)n3)c2c1. The van der Waals surface area contributed by atoms with Gasteiger partial charge in [0, 0.05) is 33.5 Å². The molecule has 0 amide bonds. The first-order valence-corrected chi connectivity index (χ1v) is 17.1. The van der Waals surface area contributed by atoms with Gasteiger partial charge in [0.2, 0.25) is 0 Å². The molecular formula is C46H30F2N4. The van der Waals surface area contributed by atoms with E-state index in [0.717, 1.165) is 55.8 Å². The van der Waals surface area contributed by atoms with E-state index >= 15 is 0 Å². The van der Waals surface area contributed by atoms with Crippen molar-refractivity contribution in [1.82, 2.24) is 19.5 Å². The zero-order chi connectivity index (χ0) is 35.2. The third-order valence-corrected chi connectivity index (χ3v) is 9.50. The van der Waals surface area contributed by atoms with E-state index in [1.807, 2.05) is 91.0 Å². The molecule has 0 spiro atoms. The molecule has 248 valence electrons. The molecule has 0 aliphatic carbocycles. The summed E-state index contributed by atoms with van der Waals surface area (Å²) in [6, 6.07) is 52.3. The lowest BCUT2D eigenvalue weighted by Gasteiger charge is -2.17. The minimum Gasteiger partial charge on any atom is -0.308 e. The molecule has 0 saturated carbocycles. The highest BCUT2D eigenvalue weighted by atomic mass is 19.1. The van der Waals surface area contributed by atoms with Gasteiger partial charge in [0.15, 0.2) is 17.5 Å². The second-order valence-electron chi connectivity index (χ2n) is 12.8. The highest BCUT2D eigenvalue weighted by Gasteiger charge is 2.21. The lowest BCUT2D eigenvalue weighted by atomic mass is 9.99. The number of aryl methyl sites for hydroxylation is 1. The van der Waals surface area contributed by atoms with E-state index in [-0.39, 0.29) is 0 Å². The smallest absolute Gasteiger partial charge is 0.166 e. The lowest BCUT2D eigenvalue weighted by molar-refractivity contribution is 0.584. The zero-order valence-electron chi connectivity index (χ0n) is 28.1. The molecule has 2 heterocycles. The number of nitrogens with zero attached hydrogens (tertiary/aromatic N) is 4. The van der Waals surface area contributed by atoms with E-state index in [2.05, 4.69) is 66.1 Å². The maximum absolute atomic E-state index is 14.6. The Balaban J connectivity index is 1.37. The van der Waals surface area contributed by atoms with Crippen LogP contribution in [0.25, 0.3) is 83.9 Å². The van der Waals surface area contributed by atoms with Gasteiger partial charge in [-0.1, -0.05) is 121 Å². The van der Waals surface area contributed by atoms with Crippen LogP contribution in [0.3, 0.4) is 0 Å². The van der Waals surface area contributed by atoms with Crippen molar-refractivity contribution in [2.75, 3.05) is 0 Å². The van der Waals surface area contributed by atoms with Gasteiger partial charge < -0.3 is 4.57 Å². The Morgan fingerprint density at radius 2 is 0.981 bits per heavy atom. The molecule has 0 fully saturated rings. The van der Waals surface area contributed by atoms with Gasteiger partial charge in [-0.2, -0.15) is 0 Å². The summed E-state index contributed by atoms with van der Waals surface area (Å²) in [4.78, 5) is 15.1. The lowest BCUT2D eigenvalue weighted by Crippen LogP contribution is -2.04. The first-order chi connectivity index (χ1) is 25.5. The van der Waals surface area contributed by atoms with Gasteiger partial charge >= 0.3 is 0 Å². The van der Waals surface area contributed by atoms with Crippen molar-refractivity contribution in [3.63, 3.8) is 0 Å². The van der Waals surface area contributed by atoms with Crippen LogP contribution in [-0.2, 0) is 0 Å². The Bertz CT molecular complexity index is 2700. The molecule has 0 aliphatic heterocycles. The molecule has 0 bridgehead atoms. The summed E-state index contributed by atoms with van der Waals surface area (Å²) in [5.74, 6) is 0.167. The monoisotopic (exact) mass is 676 g/mol. The molecule has 7 aromatic carbocycles. The van der Waals surface area contributed by atoms with Gasteiger partial charge in [0.1, 0.15) is 11.6 Å². The number of hydrogen-bond donors (Lipinski definition) is 0. The summed E-state index contributed by atoms with van der Waals surface area (Å²) in [6.45, 7) is 2.12. The number of rotatable bonds is 6. The number of fused-ring (bicyclic) bond motifs is 3. The van der Waals surface area contributed by atoms with Crippen molar-refractivity contribution in [1.29, 1.82) is 0 Å². The maximum atomic E-state index is 14.6. The third-order valence-electron chi connectivity index (χ3n) is 9.50. The van der Waals surface area contributed by atoms with E-state index in [1.54, 1.807) is 0 Å². The van der Waals surface area contributed by atoms with Crippen LogP contribution in [-0.4, -0.2) is 19.5 Å². The predicted molar refractivity (Wildman–Crippen MR) is 206 cm³/mol. The summed E-state index contributed by atoms with van der Waals surface area (Å²) in [7, 11) is 0. The van der Waals surface area contributed by atoms with Gasteiger partial charge in [-0.15, -0.1) is 0 Å². The van der Waals surface area contributed by atoms with Crippen molar-refractivity contribution < 1.29 is 8.78 Å². The van der Waals surface area contributed by atoms with Crippen LogP contribution in [0, 0.1) is 18.6 Å². The second kappa shape index (κ2) is 12.8. The molecule has 4 nitrogen and oxygen atoms in total. The fourth-order valence-electron chi connectivity index (χ4n) is 7.03. The molecule has 9 aromatic rings. The normalized spacial score (nSPS) is 11.4. The zero-order valence-corrected chi connectivity index (χ0v) is 28.1. The van der Waals surface area contributed by atoms with Gasteiger partial charge in [-0.05, 0) is 71.1 Å². The summed E-state index contributed by atoms with van der Waals surface area (Å²) in [5.41, 5.74) is 9.67. The van der Waals surface area contributed by atoms with Crippen LogP contribution in [0.2, 0.25) is 0 Å². The largest absolute Gasteiger partial charge is 0.308 e. The number of hydrogen-bond acceptors (Lipinski definition) is 3. The maximum Gasteiger partial charge on any atom is 0.166 e. The fourth-order valence-corrected chi connectivity index (χ4v) is 7.03. The minimum absolute atomic E-state index is 0.412. The van der Waals surface area contributed by atoms with Crippen molar-refractivity contribution in [2.45, 2.75) is 6.92 Å². The standard InChI is InChI=1S/C46H30F2N4/c1-29-12-8-9-17-37(29)33-20-22-39-38-18-10-11-19-41(38)52(43(39)27-33)42-23-21-32(34-24-35(47)28-36(48)25-34)26-40(42)46-50-44(30-13-4-2-5-14-30)49-45(51-46)31-15-6-3-7-16-31/h2-28H,1H3. The molecular weight excluding hydrogens is 647 g/mol. The van der Waals surface area contributed by atoms with Crippen molar-refractivity contribution >= 4 is 21.8 Å². The Kier molecular flexibility index (Phi) is 7.70. The molecule has 9 rings (SSSR count). The topological polar surface area (TPSA) is 43.6 Å². The average Bonchev–Trinajstić information content (AvgIpc) is 3.51. The molecule has 0 aliphatic rings. The van der Waals surface area contributed by atoms with Crippen LogP contribution in [0.1, 0.15) is 5.56 Å². The summed E-state index contributed by atoms with van der Waals surface area (Å²) in [6.07, 6.45) is 0. The van der Waals surface area contributed by atoms with Crippen LogP contribution in [0.5, 0.6) is 0 Å². The molecule has 0 N–H and O–H groups in total. The number of aromatic nitrogens is 4. The number of benzene rings is 7. The van der Waals surface area contributed by atoms with Crippen LogP contribution >= 0.6 is 0 Å². The van der Waals surface area contributed by atoms with Crippen molar-refractivity contribution in [3.8, 4) is 62.1 Å².